The molecule has 2 aromatic rings. The number of carbonyl (C=O) groups excluding carboxylic acids is 2. The minimum Gasteiger partial charge on any atom is -0.308 e. The van der Waals surface area contributed by atoms with Gasteiger partial charge in [0.15, 0.2) is 0 Å². The van der Waals surface area contributed by atoms with Gasteiger partial charge in [-0.25, -0.2) is 4.79 Å². The SMILES string of the molecule is CN(CC(=O)NC(=O)Nc1ccccc1)Cc1cc(Br)cs1. The topological polar surface area (TPSA) is 61.4 Å². The number of nitrogens with zero attached hydrogens (tertiary/aromatic N) is 1. The molecule has 22 heavy (non-hydrogen) atoms. The first-order chi connectivity index (χ1) is 10.5. The maximum absolute atomic E-state index is 11.8. The number of carbonyl (C=O) groups is 2. The monoisotopic (exact) mass is 381 g/mol. The number of halogens is 1. The van der Waals surface area contributed by atoms with E-state index in [0.29, 0.717) is 12.2 Å². The van der Waals surface area contributed by atoms with Gasteiger partial charge in [-0.1, -0.05) is 18.2 Å². The Morgan fingerprint density at radius 2 is 2.00 bits per heavy atom. The molecule has 1 aromatic heterocycles. The van der Waals surface area contributed by atoms with E-state index in [2.05, 4.69) is 26.6 Å². The second kappa shape index (κ2) is 8.07. The number of amides is 3. The summed E-state index contributed by atoms with van der Waals surface area (Å²) < 4.78 is 1.03. The predicted octanol–water partition coefficient (Wildman–Crippen LogP) is 3.29. The van der Waals surface area contributed by atoms with Gasteiger partial charge in [-0.3, -0.25) is 15.0 Å². The van der Waals surface area contributed by atoms with E-state index in [1.54, 1.807) is 23.5 Å². The Morgan fingerprint density at radius 3 is 2.64 bits per heavy atom. The van der Waals surface area contributed by atoms with Gasteiger partial charge < -0.3 is 5.32 Å². The van der Waals surface area contributed by atoms with E-state index in [-0.39, 0.29) is 12.5 Å². The molecule has 1 aromatic carbocycles. The Hall–Kier alpha value is -1.70. The zero-order valence-corrected chi connectivity index (χ0v) is 14.4. The third-order valence-corrected chi connectivity index (χ3v) is 4.43. The predicted molar refractivity (Wildman–Crippen MR) is 92.0 cm³/mol. The quantitative estimate of drug-likeness (QED) is 0.834. The number of imide groups is 1. The van der Waals surface area contributed by atoms with Gasteiger partial charge in [0.05, 0.1) is 6.54 Å². The van der Waals surface area contributed by atoms with E-state index in [1.807, 2.05) is 41.6 Å². The molecule has 0 radical (unpaired) electrons. The van der Waals surface area contributed by atoms with Crippen LogP contribution in [0.4, 0.5) is 10.5 Å². The number of hydrogen-bond acceptors (Lipinski definition) is 4. The molecule has 1 heterocycles. The van der Waals surface area contributed by atoms with Crippen molar-refractivity contribution < 1.29 is 9.59 Å². The van der Waals surface area contributed by atoms with E-state index in [4.69, 9.17) is 0 Å². The van der Waals surface area contributed by atoms with E-state index in [1.165, 1.54) is 0 Å². The fraction of sp³-hybridized carbons (Fsp3) is 0.200. The van der Waals surface area contributed by atoms with Crippen molar-refractivity contribution in [2.45, 2.75) is 6.54 Å². The van der Waals surface area contributed by atoms with Gasteiger partial charge in [-0.15, -0.1) is 11.3 Å². The first-order valence-electron chi connectivity index (χ1n) is 6.60. The van der Waals surface area contributed by atoms with E-state index in [9.17, 15) is 9.59 Å². The minimum atomic E-state index is -0.525. The van der Waals surface area contributed by atoms with Crippen molar-refractivity contribution in [2.75, 3.05) is 18.9 Å². The van der Waals surface area contributed by atoms with Crippen molar-refractivity contribution in [1.29, 1.82) is 0 Å². The molecule has 5 nitrogen and oxygen atoms in total. The van der Waals surface area contributed by atoms with Gasteiger partial charge in [-0.05, 0) is 41.2 Å². The molecule has 2 N–H and O–H groups in total. The van der Waals surface area contributed by atoms with E-state index in [0.717, 1.165) is 9.35 Å². The van der Waals surface area contributed by atoms with Crippen LogP contribution in [-0.4, -0.2) is 30.4 Å². The largest absolute Gasteiger partial charge is 0.325 e. The fourth-order valence-electron chi connectivity index (χ4n) is 1.85. The number of hydrogen-bond donors (Lipinski definition) is 2. The summed E-state index contributed by atoms with van der Waals surface area (Å²) in [4.78, 5) is 26.5. The summed E-state index contributed by atoms with van der Waals surface area (Å²) >= 11 is 5.02. The second-order valence-corrected chi connectivity index (χ2v) is 6.68. The summed E-state index contributed by atoms with van der Waals surface area (Å²) in [5, 5.41) is 6.92. The van der Waals surface area contributed by atoms with Crippen molar-refractivity contribution in [2.24, 2.45) is 0 Å². The summed E-state index contributed by atoms with van der Waals surface area (Å²) in [6.45, 7) is 0.807. The molecule has 0 aliphatic heterocycles. The van der Waals surface area contributed by atoms with Crippen LogP contribution in [0, 0.1) is 0 Å². The van der Waals surface area contributed by atoms with E-state index < -0.39 is 6.03 Å². The van der Waals surface area contributed by atoms with Crippen molar-refractivity contribution in [1.82, 2.24) is 10.2 Å². The second-order valence-electron chi connectivity index (χ2n) is 4.77. The molecule has 0 unspecified atom stereocenters. The molecule has 7 heteroatoms. The zero-order chi connectivity index (χ0) is 15.9. The lowest BCUT2D eigenvalue weighted by molar-refractivity contribution is -0.120. The average Bonchev–Trinajstić information content (AvgIpc) is 2.84. The molecule has 0 atom stereocenters. The Labute approximate surface area is 141 Å². The van der Waals surface area contributed by atoms with Gasteiger partial charge in [0.1, 0.15) is 0 Å². The molecule has 0 spiro atoms. The van der Waals surface area contributed by atoms with Crippen molar-refractivity contribution >= 4 is 44.9 Å². The van der Waals surface area contributed by atoms with Crippen LogP contribution in [0.5, 0.6) is 0 Å². The van der Waals surface area contributed by atoms with Crippen LogP contribution in [0.3, 0.4) is 0 Å². The van der Waals surface area contributed by atoms with Crippen molar-refractivity contribution in [3.63, 3.8) is 0 Å². The first-order valence-corrected chi connectivity index (χ1v) is 8.27. The number of urea groups is 1. The highest BCUT2D eigenvalue weighted by molar-refractivity contribution is 9.10. The Kier molecular flexibility index (Phi) is 6.11. The van der Waals surface area contributed by atoms with E-state index >= 15 is 0 Å². The van der Waals surface area contributed by atoms with Crippen LogP contribution in [0.2, 0.25) is 0 Å². The molecule has 0 bridgehead atoms. The van der Waals surface area contributed by atoms with Gasteiger partial charge in [0, 0.05) is 27.0 Å². The molecule has 0 aliphatic rings. The number of thiophene rings is 1. The molecule has 3 amide bonds. The molecular weight excluding hydrogens is 366 g/mol. The van der Waals surface area contributed by atoms with Crippen LogP contribution in [0.1, 0.15) is 4.88 Å². The maximum Gasteiger partial charge on any atom is 0.325 e. The Bertz CT molecular complexity index is 645. The number of anilines is 1. The van der Waals surface area contributed by atoms with Crippen LogP contribution in [0.25, 0.3) is 0 Å². The maximum atomic E-state index is 11.8. The molecule has 2 rings (SSSR count). The van der Waals surface area contributed by atoms with Crippen LogP contribution < -0.4 is 10.6 Å². The number of rotatable bonds is 5. The summed E-state index contributed by atoms with van der Waals surface area (Å²) in [5.74, 6) is -0.341. The lowest BCUT2D eigenvalue weighted by Crippen LogP contribution is -2.40. The number of nitrogens with one attached hydrogen (secondary N) is 2. The van der Waals surface area contributed by atoms with Crippen molar-refractivity contribution in [3.05, 3.63) is 51.1 Å². The summed E-state index contributed by atoms with van der Waals surface area (Å²) in [7, 11) is 1.84. The van der Waals surface area contributed by atoms with Crippen LogP contribution in [-0.2, 0) is 11.3 Å². The minimum absolute atomic E-state index is 0.151. The lowest BCUT2D eigenvalue weighted by Gasteiger charge is -2.15. The molecule has 116 valence electrons. The summed E-state index contributed by atoms with van der Waals surface area (Å²) in [6.07, 6.45) is 0. The van der Waals surface area contributed by atoms with Crippen molar-refractivity contribution in [3.8, 4) is 0 Å². The average molecular weight is 382 g/mol. The zero-order valence-electron chi connectivity index (χ0n) is 12.0. The molecular formula is C15H16BrN3O2S. The van der Waals surface area contributed by atoms with Gasteiger partial charge >= 0.3 is 6.03 Å². The van der Waals surface area contributed by atoms with Crippen LogP contribution >= 0.6 is 27.3 Å². The summed E-state index contributed by atoms with van der Waals surface area (Å²) in [5.41, 5.74) is 0.643. The number of benzene rings is 1. The Morgan fingerprint density at radius 1 is 1.27 bits per heavy atom. The third-order valence-electron chi connectivity index (χ3n) is 2.75. The highest BCUT2D eigenvalue weighted by atomic mass is 79.9. The molecule has 0 fully saturated rings. The first kappa shape index (κ1) is 16.7. The lowest BCUT2D eigenvalue weighted by atomic mass is 10.3. The molecule has 0 saturated carbocycles. The highest BCUT2D eigenvalue weighted by Crippen LogP contribution is 2.20. The number of para-hydroxylation sites is 1. The fourth-order valence-corrected chi connectivity index (χ4v) is 3.38. The van der Waals surface area contributed by atoms with Crippen LogP contribution in [0.15, 0.2) is 46.3 Å². The normalized spacial score (nSPS) is 10.5. The molecule has 0 aliphatic carbocycles. The highest BCUT2D eigenvalue weighted by Gasteiger charge is 2.11. The number of likely N-dealkylation sites (N-methyl/N-ethyl adjacent to an activating group) is 1. The van der Waals surface area contributed by atoms with Gasteiger partial charge in [0.2, 0.25) is 5.91 Å². The third kappa shape index (κ3) is 5.59. The Balaban J connectivity index is 1.76. The molecule has 0 saturated heterocycles. The van der Waals surface area contributed by atoms with Gasteiger partial charge in [-0.2, -0.15) is 0 Å². The summed E-state index contributed by atoms with van der Waals surface area (Å²) in [6, 6.07) is 10.5. The smallest absolute Gasteiger partial charge is 0.308 e. The standard InChI is InChI=1S/C15H16BrN3O2S/c1-19(8-13-7-11(16)10-22-13)9-14(20)18-15(21)17-12-5-3-2-4-6-12/h2-7,10H,8-9H2,1H3,(H2,17,18,20,21). The van der Waals surface area contributed by atoms with Gasteiger partial charge in [0.25, 0.3) is 0 Å².